The molecule has 1 aromatic rings. The molecule has 0 aliphatic carbocycles. The molecule has 5 nitrogen and oxygen atoms in total. The molecule has 2 N–H and O–H groups in total. The number of carbonyl (C=O) groups is 1. The van der Waals surface area contributed by atoms with Gasteiger partial charge in [0.25, 0.3) is 0 Å². The van der Waals surface area contributed by atoms with Crippen molar-refractivity contribution in [3.05, 3.63) is 29.3 Å². The van der Waals surface area contributed by atoms with Gasteiger partial charge in [-0.3, -0.25) is 0 Å². The van der Waals surface area contributed by atoms with Crippen LogP contribution in [0.3, 0.4) is 0 Å². The summed E-state index contributed by atoms with van der Waals surface area (Å²) in [5.41, 5.74) is 2.18. The number of aliphatic hydroxyl groups is 1. The molecular weight excluding hydrogens is 256 g/mol. The fourth-order valence-corrected chi connectivity index (χ4v) is 2.94. The lowest BCUT2D eigenvalue weighted by molar-refractivity contribution is -0.0796. The van der Waals surface area contributed by atoms with E-state index < -0.39 is 11.7 Å². The second-order valence-electron chi connectivity index (χ2n) is 5.87. The lowest BCUT2D eigenvalue weighted by Gasteiger charge is -2.31. The Morgan fingerprint density at radius 1 is 1.50 bits per heavy atom. The molecule has 2 aliphatic heterocycles. The van der Waals surface area contributed by atoms with Gasteiger partial charge in [0.05, 0.1) is 5.60 Å². The summed E-state index contributed by atoms with van der Waals surface area (Å²) < 4.78 is 5.71. The van der Waals surface area contributed by atoms with Crippen molar-refractivity contribution in [1.29, 1.82) is 0 Å². The number of amides is 2. The largest absolute Gasteiger partial charge is 0.385 e. The van der Waals surface area contributed by atoms with Crippen LogP contribution in [-0.4, -0.2) is 35.3 Å². The van der Waals surface area contributed by atoms with Crippen molar-refractivity contribution >= 4 is 11.7 Å². The van der Waals surface area contributed by atoms with Crippen molar-refractivity contribution in [3.8, 4) is 0 Å². The summed E-state index contributed by atoms with van der Waals surface area (Å²) >= 11 is 0. The Bertz CT molecular complexity index is 538. The molecule has 0 bridgehead atoms. The molecule has 1 aromatic carbocycles. The molecule has 2 aliphatic rings. The van der Waals surface area contributed by atoms with Crippen molar-refractivity contribution in [3.63, 3.8) is 0 Å². The molecule has 0 aromatic heterocycles. The number of fused-ring (bicyclic) bond motifs is 1. The van der Waals surface area contributed by atoms with Crippen molar-refractivity contribution in [2.45, 2.75) is 38.0 Å². The van der Waals surface area contributed by atoms with Crippen molar-refractivity contribution in [1.82, 2.24) is 4.90 Å². The molecule has 2 heterocycles. The van der Waals surface area contributed by atoms with Gasteiger partial charge in [0, 0.05) is 25.9 Å². The third kappa shape index (κ3) is 2.17. The van der Waals surface area contributed by atoms with E-state index in [1.165, 1.54) is 0 Å². The quantitative estimate of drug-likeness (QED) is 0.871. The van der Waals surface area contributed by atoms with Gasteiger partial charge in [-0.25, -0.2) is 4.79 Å². The average molecular weight is 276 g/mol. The van der Waals surface area contributed by atoms with Gasteiger partial charge < -0.3 is 20.1 Å². The molecule has 0 spiro atoms. The molecule has 5 heteroatoms. The summed E-state index contributed by atoms with van der Waals surface area (Å²) in [6.45, 7) is 3.22. The first-order valence-electron chi connectivity index (χ1n) is 6.96. The molecule has 2 unspecified atom stereocenters. The van der Waals surface area contributed by atoms with Gasteiger partial charge in [-0.15, -0.1) is 0 Å². The number of aliphatic hydroxyl groups excluding tert-OH is 1. The molecule has 1 saturated heterocycles. The van der Waals surface area contributed by atoms with Crippen LogP contribution in [0.5, 0.6) is 0 Å². The highest BCUT2D eigenvalue weighted by Crippen LogP contribution is 2.38. The van der Waals surface area contributed by atoms with Crippen LogP contribution in [0.1, 0.15) is 37.0 Å². The van der Waals surface area contributed by atoms with E-state index in [-0.39, 0.29) is 6.03 Å². The third-order valence-electron chi connectivity index (χ3n) is 4.27. The smallest absolute Gasteiger partial charge is 0.321 e. The first-order chi connectivity index (χ1) is 9.49. The average Bonchev–Trinajstić information content (AvgIpc) is 2.87. The van der Waals surface area contributed by atoms with Gasteiger partial charge in [0.1, 0.15) is 6.10 Å². The van der Waals surface area contributed by atoms with Crippen LogP contribution >= 0.6 is 0 Å². The highest BCUT2D eigenvalue weighted by atomic mass is 16.5. The number of carbonyl (C=O) groups excluding carboxylic acids is 1. The molecule has 20 heavy (non-hydrogen) atoms. The van der Waals surface area contributed by atoms with E-state index in [2.05, 4.69) is 5.32 Å². The van der Waals surface area contributed by atoms with Crippen LogP contribution < -0.4 is 5.32 Å². The van der Waals surface area contributed by atoms with Crippen LogP contribution in [0.4, 0.5) is 10.5 Å². The summed E-state index contributed by atoms with van der Waals surface area (Å²) in [7, 11) is 1.75. The maximum atomic E-state index is 11.6. The lowest BCUT2D eigenvalue weighted by atomic mass is 9.89. The molecule has 3 rings (SSSR count). The first kappa shape index (κ1) is 13.4. The summed E-state index contributed by atoms with van der Waals surface area (Å²) in [6.07, 6.45) is 1.21. The zero-order valence-corrected chi connectivity index (χ0v) is 11.8. The highest BCUT2D eigenvalue weighted by Gasteiger charge is 2.38. The van der Waals surface area contributed by atoms with Crippen LogP contribution in [0.2, 0.25) is 0 Å². The number of anilines is 1. The Morgan fingerprint density at radius 2 is 2.30 bits per heavy atom. The second-order valence-corrected chi connectivity index (χ2v) is 5.87. The minimum Gasteiger partial charge on any atom is -0.385 e. The fraction of sp³-hybridized carbons (Fsp3) is 0.533. The van der Waals surface area contributed by atoms with Crippen LogP contribution in [0.15, 0.2) is 18.2 Å². The summed E-state index contributed by atoms with van der Waals surface area (Å²) in [5.74, 6) is 0. The number of benzene rings is 1. The van der Waals surface area contributed by atoms with E-state index in [0.29, 0.717) is 13.2 Å². The Kier molecular flexibility index (Phi) is 3.18. The van der Waals surface area contributed by atoms with Crippen molar-refractivity contribution < 1.29 is 14.6 Å². The van der Waals surface area contributed by atoms with Gasteiger partial charge >= 0.3 is 6.03 Å². The number of hydrogen-bond donors (Lipinski definition) is 2. The van der Waals surface area contributed by atoms with E-state index in [1.807, 2.05) is 25.1 Å². The Labute approximate surface area is 118 Å². The Morgan fingerprint density at radius 3 is 3.00 bits per heavy atom. The van der Waals surface area contributed by atoms with E-state index >= 15 is 0 Å². The van der Waals surface area contributed by atoms with E-state index in [1.54, 1.807) is 11.9 Å². The summed E-state index contributed by atoms with van der Waals surface area (Å²) in [5, 5.41) is 13.4. The molecule has 1 fully saturated rings. The number of ether oxygens (including phenoxy) is 1. The Balaban J connectivity index is 1.89. The first-order valence-corrected chi connectivity index (χ1v) is 6.96. The standard InChI is InChI=1S/C15H20N2O3/c1-15(6-3-7-20-15)13(18)10-4-5-12-11(8-10)9-17(2)14(19)16-12/h4-5,8,13,18H,3,6-7,9H2,1-2H3,(H,16,19). The van der Waals surface area contributed by atoms with E-state index in [0.717, 1.165) is 29.7 Å². The normalized spacial score (nSPS) is 27.1. The van der Waals surface area contributed by atoms with Gasteiger partial charge in [-0.2, -0.15) is 0 Å². The summed E-state index contributed by atoms with van der Waals surface area (Å²) in [6, 6.07) is 5.58. The summed E-state index contributed by atoms with van der Waals surface area (Å²) in [4.78, 5) is 13.2. The zero-order chi connectivity index (χ0) is 14.3. The third-order valence-corrected chi connectivity index (χ3v) is 4.27. The maximum absolute atomic E-state index is 11.6. The van der Waals surface area contributed by atoms with E-state index in [4.69, 9.17) is 4.74 Å². The van der Waals surface area contributed by atoms with Crippen LogP contribution in [0, 0.1) is 0 Å². The van der Waals surface area contributed by atoms with Gasteiger partial charge in [0.15, 0.2) is 0 Å². The van der Waals surface area contributed by atoms with Gasteiger partial charge in [-0.1, -0.05) is 6.07 Å². The minimum atomic E-state index is -0.641. The van der Waals surface area contributed by atoms with Crippen LogP contribution in [-0.2, 0) is 11.3 Å². The fourth-order valence-electron chi connectivity index (χ4n) is 2.94. The number of rotatable bonds is 2. The predicted octanol–water partition coefficient (Wildman–Crippen LogP) is 2.27. The molecular formula is C15H20N2O3. The van der Waals surface area contributed by atoms with Crippen molar-refractivity contribution in [2.24, 2.45) is 0 Å². The van der Waals surface area contributed by atoms with E-state index in [9.17, 15) is 9.90 Å². The molecule has 2 amide bonds. The highest BCUT2D eigenvalue weighted by molar-refractivity contribution is 5.92. The predicted molar refractivity (Wildman–Crippen MR) is 75.5 cm³/mol. The SMILES string of the molecule is CN1Cc2cc(C(O)C3(C)CCCO3)ccc2NC1=O. The van der Waals surface area contributed by atoms with Crippen LogP contribution in [0.25, 0.3) is 0 Å². The molecule has 0 saturated carbocycles. The monoisotopic (exact) mass is 276 g/mol. The minimum absolute atomic E-state index is 0.100. The molecule has 0 radical (unpaired) electrons. The number of urea groups is 1. The van der Waals surface area contributed by atoms with Gasteiger partial charge in [-0.05, 0) is 43.0 Å². The number of nitrogens with one attached hydrogen (secondary N) is 1. The number of hydrogen-bond acceptors (Lipinski definition) is 3. The zero-order valence-electron chi connectivity index (χ0n) is 11.8. The molecule has 108 valence electrons. The topological polar surface area (TPSA) is 61.8 Å². The second kappa shape index (κ2) is 4.75. The lowest BCUT2D eigenvalue weighted by Crippen LogP contribution is -2.36. The molecule has 2 atom stereocenters. The maximum Gasteiger partial charge on any atom is 0.321 e. The Hall–Kier alpha value is -1.59. The van der Waals surface area contributed by atoms with Gasteiger partial charge in [0.2, 0.25) is 0 Å². The number of nitrogens with zero attached hydrogens (tertiary/aromatic N) is 1. The van der Waals surface area contributed by atoms with Crippen molar-refractivity contribution in [2.75, 3.05) is 19.0 Å².